The van der Waals surface area contributed by atoms with Gasteiger partial charge < -0.3 is 29.2 Å². The Kier molecular flexibility index (Phi) is 10.5. The average Bonchev–Trinajstić information content (AvgIpc) is 3.32. The second-order valence-corrected chi connectivity index (χ2v) is 9.08. The van der Waals surface area contributed by atoms with Crippen molar-refractivity contribution in [3.8, 4) is 0 Å². The van der Waals surface area contributed by atoms with Crippen LogP contribution < -0.4 is 5.32 Å². The first-order chi connectivity index (χ1) is 17.5. The first-order valence-electron chi connectivity index (χ1n) is 11.5. The molecule has 37 heavy (non-hydrogen) atoms. The third kappa shape index (κ3) is 7.25. The molecule has 0 aromatic carbocycles. The Hall–Kier alpha value is -3.54. The smallest absolute Gasteiger partial charge is 0.310 e. The summed E-state index contributed by atoms with van der Waals surface area (Å²) in [4.78, 5) is 63.5. The van der Waals surface area contributed by atoms with Crippen molar-refractivity contribution >= 4 is 47.4 Å². The van der Waals surface area contributed by atoms with Gasteiger partial charge in [-0.3, -0.25) is 24.0 Å². The first kappa shape index (κ1) is 29.7. The number of nitrogens with one attached hydrogen (secondary N) is 2. The Labute approximate surface area is 220 Å². The lowest BCUT2D eigenvalue weighted by Gasteiger charge is -2.29. The normalized spacial score (nSPS) is 16.7. The minimum atomic E-state index is -0.910. The summed E-state index contributed by atoms with van der Waals surface area (Å²) in [5, 5.41) is 3.25. The van der Waals surface area contributed by atoms with Crippen molar-refractivity contribution in [2.45, 2.75) is 57.4 Å². The number of aromatic amines is 1. The molecule has 1 aromatic rings. The number of carbonyl (C=O) groups excluding carboxylic acids is 5. The number of thiocarbonyl (C=S) groups is 1. The van der Waals surface area contributed by atoms with Gasteiger partial charge in [-0.25, -0.2) is 0 Å². The van der Waals surface area contributed by atoms with Crippen LogP contribution in [0.3, 0.4) is 0 Å². The largest absolute Gasteiger partial charge is 0.469 e. The zero-order valence-corrected chi connectivity index (χ0v) is 22.4. The van der Waals surface area contributed by atoms with E-state index in [9.17, 15) is 24.0 Å². The van der Waals surface area contributed by atoms with E-state index in [1.54, 1.807) is 0 Å². The molecule has 1 atom stereocenters. The number of methoxy groups -OCH3 is 4. The van der Waals surface area contributed by atoms with Crippen molar-refractivity contribution in [3.05, 3.63) is 33.7 Å². The minimum Gasteiger partial charge on any atom is -0.469 e. The Balaban J connectivity index is 2.57. The van der Waals surface area contributed by atoms with Crippen LogP contribution in [-0.4, -0.2) is 74.1 Å². The molecule has 1 aromatic heterocycles. The highest BCUT2D eigenvalue weighted by molar-refractivity contribution is 7.80. The van der Waals surface area contributed by atoms with Gasteiger partial charge in [0.15, 0.2) is 6.29 Å². The van der Waals surface area contributed by atoms with Crippen molar-refractivity contribution in [2.24, 2.45) is 0 Å². The van der Waals surface area contributed by atoms with Gasteiger partial charge in [-0.15, -0.1) is 0 Å². The molecular formula is C25H32N2O9S. The van der Waals surface area contributed by atoms with Crippen LogP contribution in [-0.2, 0) is 57.4 Å². The van der Waals surface area contributed by atoms with E-state index in [0.29, 0.717) is 39.2 Å². The number of aromatic nitrogens is 1. The van der Waals surface area contributed by atoms with Gasteiger partial charge in [0.2, 0.25) is 0 Å². The second kappa shape index (κ2) is 13.1. The lowest BCUT2D eigenvalue weighted by atomic mass is 9.83. The van der Waals surface area contributed by atoms with Gasteiger partial charge >= 0.3 is 23.9 Å². The van der Waals surface area contributed by atoms with Gasteiger partial charge in [0.1, 0.15) is 4.99 Å². The van der Waals surface area contributed by atoms with Gasteiger partial charge in [0, 0.05) is 25.0 Å². The zero-order valence-electron chi connectivity index (χ0n) is 21.6. The highest BCUT2D eigenvalue weighted by Gasteiger charge is 2.41. The molecule has 0 spiro atoms. The van der Waals surface area contributed by atoms with E-state index in [0.717, 1.165) is 0 Å². The van der Waals surface area contributed by atoms with E-state index in [4.69, 9.17) is 31.2 Å². The molecular weight excluding hydrogens is 504 g/mol. The van der Waals surface area contributed by atoms with Crippen molar-refractivity contribution in [1.82, 2.24) is 10.3 Å². The van der Waals surface area contributed by atoms with Crippen LogP contribution in [0.4, 0.5) is 0 Å². The van der Waals surface area contributed by atoms with Crippen LogP contribution in [0, 0.1) is 0 Å². The Morgan fingerprint density at radius 1 is 0.838 bits per heavy atom. The van der Waals surface area contributed by atoms with E-state index in [1.165, 1.54) is 28.4 Å². The van der Waals surface area contributed by atoms with Crippen molar-refractivity contribution < 1.29 is 42.9 Å². The fourth-order valence-electron chi connectivity index (χ4n) is 4.44. The molecule has 1 aliphatic heterocycles. The number of hydrogen-bond donors (Lipinski definition) is 2. The van der Waals surface area contributed by atoms with Crippen molar-refractivity contribution in [3.63, 3.8) is 0 Å². The lowest BCUT2D eigenvalue weighted by molar-refractivity contribution is -0.141. The third-order valence-corrected chi connectivity index (χ3v) is 6.74. The van der Waals surface area contributed by atoms with Crippen LogP contribution >= 0.6 is 12.2 Å². The highest BCUT2D eigenvalue weighted by Crippen LogP contribution is 2.37. The number of H-pyrrole nitrogens is 1. The predicted molar refractivity (Wildman–Crippen MR) is 135 cm³/mol. The lowest BCUT2D eigenvalue weighted by Crippen LogP contribution is -2.44. The molecule has 0 fully saturated rings. The third-order valence-electron chi connectivity index (χ3n) is 6.39. The molecule has 12 heteroatoms. The molecule has 2 rings (SSSR count). The van der Waals surface area contributed by atoms with E-state index in [2.05, 4.69) is 10.3 Å². The number of ether oxygens (including phenoxy) is 4. The standard InChI is InChI=1S/C25H32N2O9S/c1-25(17(11-23(32)36-5)15(24(37)27-25)7-9-21(30)34-3)12-18-16(10-22(31)35-4)14(19(13-28)26-18)6-8-20(29)33-2/h13,26H,6-12H2,1-5H3,(H,27,37). The predicted octanol–water partition coefficient (Wildman–Crippen LogP) is 1.69. The first-order valence-corrected chi connectivity index (χ1v) is 11.9. The summed E-state index contributed by atoms with van der Waals surface area (Å²) >= 11 is 5.55. The molecule has 2 heterocycles. The maximum Gasteiger partial charge on any atom is 0.310 e. The van der Waals surface area contributed by atoms with Gasteiger partial charge in [0.25, 0.3) is 0 Å². The SMILES string of the molecule is COC(=O)CCC1=C(CC(=O)OC)C(C)(Cc2[nH]c(C=O)c(CCC(=O)OC)c2CC(=O)OC)NC1=S. The Morgan fingerprint density at radius 2 is 1.38 bits per heavy atom. The number of aldehydes is 1. The maximum absolute atomic E-state index is 12.3. The van der Waals surface area contributed by atoms with Crippen LogP contribution in [0.5, 0.6) is 0 Å². The van der Waals surface area contributed by atoms with Crippen LogP contribution in [0.2, 0.25) is 0 Å². The van der Waals surface area contributed by atoms with Gasteiger partial charge in [-0.2, -0.15) is 0 Å². The van der Waals surface area contributed by atoms with E-state index >= 15 is 0 Å². The molecule has 0 bridgehead atoms. The quantitative estimate of drug-likeness (QED) is 0.164. The van der Waals surface area contributed by atoms with E-state index in [-0.39, 0.29) is 50.6 Å². The van der Waals surface area contributed by atoms with Gasteiger partial charge in [-0.05, 0) is 42.0 Å². The molecule has 11 nitrogen and oxygen atoms in total. The van der Waals surface area contributed by atoms with Crippen LogP contribution in [0.25, 0.3) is 0 Å². The van der Waals surface area contributed by atoms with E-state index in [1.807, 2.05) is 6.92 Å². The topological polar surface area (TPSA) is 150 Å². The summed E-state index contributed by atoms with van der Waals surface area (Å²) < 4.78 is 19.2. The Bertz CT molecular complexity index is 1120. The van der Waals surface area contributed by atoms with Gasteiger partial charge in [0.05, 0.1) is 52.5 Å². The summed E-state index contributed by atoms with van der Waals surface area (Å²) in [7, 11) is 5.09. The molecule has 0 aliphatic carbocycles. The average molecular weight is 537 g/mol. The fourth-order valence-corrected chi connectivity index (χ4v) is 4.89. The number of rotatable bonds is 13. The fraction of sp³-hybridized carbons (Fsp3) is 0.520. The molecule has 202 valence electrons. The number of esters is 4. The summed E-state index contributed by atoms with van der Waals surface area (Å²) in [5.74, 6) is -1.90. The molecule has 2 N–H and O–H groups in total. The van der Waals surface area contributed by atoms with Gasteiger partial charge in [-0.1, -0.05) is 12.2 Å². The molecule has 0 saturated heterocycles. The second-order valence-electron chi connectivity index (χ2n) is 8.67. The zero-order chi connectivity index (χ0) is 27.8. The molecule has 0 amide bonds. The summed E-state index contributed by atoms with van der Waals surface area (Å²) in [6.07, 6.45) is 1.10. The van der Waals surface area contributed by atoms with Crippen molar-refractivity contribution in [2.75, 3.05) is 28.4 Å². The highest BCUT2D eigenvalue weighted by atomic mass is 32.1. The molecule has 1 aliphatic rings. The Morgan fingerprint density at radius 3 is 1.92 bits per heavy atom. The van der Waals surface area contributed by atoms with E-state index < -0.39 is 29.4 Å². The monoisotopic (exact) mass is 536 g/mol. The molecule has 0 radical (unpaired) electrons. The van der Waals surface area contributed by atoms with Crippen molar-refractivity contribution in [1.29, 1.82) is 0 Å². The minimum absolute atomic E-state index is 0.00752. The number of hydrogen-bond acceptors (Lipinski definition) is 10. The summed E-state index contributed by atoms with van der Waals surface area (Å²) in [6.45, 7) is 1.83. The molecule has 1 unspecified atom stereocenters. The van der Waals surface area contributed by atoms with Crippen LogP contribution in [0.15, 0.2) is 11.1 Å². The summed E-state index contributed by atoms with van der Waals surface area (Å²) in [6, 6.07) is 0. The number of carbonyl (C=O) groups is 5. The molecule has 0 saturated carbocycles. The summed E-state index contributed by atoms with van der Waals surface area (Å²) in [5.41, 5.74) is 2.16. The van der Waals surface area contributed by atoms with Crippen LogP contribution in [0.1, 0.15) is 59.9 Å². The maximum atomic E-state index is 12.3.